The van der Waals surface area contributed by atoms with Gasteiger partial charge in [0.15, 0.2) is 11.6 Å². The van der Waals surface area contributed by atoms with Crippen LogP contribution in [-0.4, -0.2) is 9.97 Å². The molecule has 1 heterocycles. The predicted octanol–water partition coefficient (Wildman–Crippen LogP) is 3.29. The largest absolute Gasteiger partial charge is 0.337 e. The molecule has 0 bridgehead atoms. The summed E-state index contributed by atoms with van der Waals surface area (Å²) >= 11 is 5.46. The Bertz CT molecular complexity index is 481. The van der Waals surface area contributed by atoms with E-state index in [-0.39, 0.29) is 16.1 Å². The fraction of sp³-hybridized carbons (Fsp3) is 0.125. The van der Waals surface area contributed by atoms with E-state index >= 15 is 0 Å². The number of benzene rings is 1. The van der Waals surface area contributed by atoms with Gasteiger partial charge in [-0.2, -0.15) is 0 Å². The lowest BCUT2D eigenvalue weighted by Gasteiger charge is -1.92. The van der Waals surface area contributed by atoms with Crippen LogP contribution in [0.4, 0.5) is 13.2 Å². The first-order valence-corrected chi connectivity index (χ1v) is 4.09. The van der Waals surface area contributed by atoms with Crippen molar-refractivity contribution in [2.45, 2.75) is 6.43 Å². The molecule has 0 radical (unpaired) electrons. The number of aromatic amines is 1. The number of halogens is 4. The van der Waals surface area contributed by atoms with Crippen LogP contribution in [-0.2, 0) is 0 Å². The van der Waals surface area contributed by atoms with Crippen molar-refractivity contribution >= 4 is 22.6 Å². The van der Waals surface area contributed by atoms with E-state index in [2.05, 4.69) is 9.97 Å². The lowest BCUT2D eigenvalue weighted by Crippen LogP contribution is -1.85. The second-order valence-electron chi connectivity index (χ2n) is 2.68. The van der Waals surface area contributed by atoms with Crippen LogP contribution in [0.2, 0.25) is 5.02 Å². The van der Waals surface area contributed by atoms with Crippen molar-refractivity contribution in [3.05, 3.63) is 28.8 Å². The Labute approximate surface area is 81.7 Å². The van der Waals surface area contributed by atoms with Crippen LogP contribution < -0.4 is 0 Å². The SMILES string of the molecule is Fc1c(Cl)ccc2[nH]c(C(F)F)nc12. The number of fused-ring (bicyclic) bond motifs is 1. The van der Waals surface area contributed by atoms with Crippen molar-refractivity contribution in [3.8, 4) is 0 Å². The Balaban J connectivity index is 2.71. The molecule has 2 nitrogen and oxygen atoms in total. The maximum Gasteiger partial charge on any atom is 0.295 e. The molecule has 0 aliphatic rings. The standard InChI is InChI=1S/C8H4ClF3N2/c9-3-1-2-4-6(5(3)10)14-8(13-4)7(11)12/h1-2,7H,(H,13,14). The third kappa shape index (κ3) is 1.33. The molecule has 74 valence electrons. The molecule has 2 rings (SSSR count). The fourth-order valence-electron chi connectivity index (χ4n) is 1.14. The van der Waals surface area contributed by atoms with Crippen LogP contribution in [0.25, 0.3) is 11.0 Å². The zero-order chi connectivity index (χ0) is 10.3. The molecule has 6 heteroatoms. The summed E-state index contributed by atoms with van der Waals surface area (Å²) in [6.07, 6.45) is -2.75. The quantitative estimate of drug-likeness (QED) is 0.785. The second kappa shape index (κ2) is 3.16. The first kappa shape index (κ1) is 9.33. The van der Waals surface area contributed by atoms with Crippen molar-refractivity contribution < 1.29 is 13.2 Å². The Morgan fingerprint density at radius 1 is 1.36 bits per heavy atom. The molecule has 0 spiro atoms. The van der Waals surface area contributed by atoms with Gasteiger partial charge in [0.1, 0.15) is 5.52 Å². The highest BCUT2D eigenvalue weighted by molar-refractivity contribution is 6.31. The van der Waals surface area contributed by atoms with Crippen molar-refractivity contribution in [1.29, 1.82) is 0 Å². The zero-order valence-corrected chi connectivity index (χ0v) is 7.45. The summed E-state index contributed by atoms with van der Waals surface area (Å²) in [4.78, 5) is 5.71. The number of H-pyrrole nitrogens is 1. The molecule has 0 aliphatic heterocycles. The van der Waals surface area contributed by atoms with E-state index in [9.17, 15) is 13.2 Å². The van der Waals surface area contributed by atoms with Crippen LogP contribution in [0.5, 0.6) is 0 Å². The number of aromatic nitrogens is 2. The molecule has 2 aromatic rings. The van der Waals surface area contributed by atoms with Gasteiger partial charge in [0, 0.05) is 0 Å². The van der Waals surface area contributed by atoms with E-state index in [4.69, 9.17) is 11.6 Å². The zero-order valence-electron chi connectivity index (χ0n) is 6.69. The van der Waals surface area contributed by atoms with Crippen LogP contribution in [0.15, 0.2) is 12.1 Å². The average molecular weight is 221 g/mol. The highest BCUT2D eigenvalue weighted by Gasteiger charge is 2.15. The molecule has 0 saturated carbocycles. The third-order valence-electron chi connectivity index (χ3n) is 1.77. The molecular formula is C8H4ClF3N2. The Kier molecular flexibility index (Phi) is 2.11. The molecule has 14 heavy (non-hydrogen) atoms. The van der Waals surface area contributed by atoms with Crippen molar-refractivity contribution in [3.63, 3.8) is 0 Å². The maximum atomic E-state index is 13.2. The molecule has 1 aromatic heterocycles. The van der Waals surface area contributed by atoms with E-state index in [1.165, 1.54) is 12.1 Å². The molecule has 0 fully saturated rings. The molecule has 0 amide bonds. The van der Waals surface area contributed by atoms with Crippen LogP contribution in [0, 0.1) is 5.82 Å². The van der Waals surface area contributed by atoms with Crippen molar-refractivity contribution in [2.75, 3.05) is 0 Å². The van der Waals surface area contributed by atoms with E-state index in [1.807, 2.05) is 0 Å². The second-order valence-corrected chi connectivity index (χ2v) is 3.09. The van der Waals surface area contributed by atoms with E-state index in [0.29, 0.717) is 0 Å². The van der Waals surface area contributed by atoms with Crippen molar-refractivity contribution in [2.24, 2.45) is 0 Å². The summed E-state index contributed by atoms with van der Waals surface area (Å²) in [5.74, 6) is -1.34. The van der Waals surface area contributed by atoms with Gasteiger partial charge in [0.2, 0.25) is 0 Å². The Morgan fingerprint density at radius 2 is 2.07 bits per heavy atom. The smallest absolute Gasteiger partial charge is 0.295 e. The average Bonchev–Trinajstić information content (AvgIpc) is 2.56. The minimum Gasteiger partial charge on any atom is -0.337 e. The van der Waals surface area contributed by atoms with Gasteiger partial charge in [0.25, 0.3) is 6.43 Å². The number of imidazole rings is 1. The molecule has 0 atom stereocenters. The minimum atomic E-state index is -2.75. The fourth-order valence-corrected chi connectivity index (χ4v) is 1.29. The van der Waals surface area contributed by atoms with Gasteiger partial charge in [-0.15, -0.1) is 0 Å². The highest BCUT2D eigenvalue weighted by atomic mass is 35.5. The van der Waals surface area contributed by atoms with Crippen LogP contribution in [0.3, 0.4) is 0 Å². The summed E-state index contributed by atoms with van der Waals surface area (Å²) in [5.41, 5.74) is 0.0509. The lowest BCUT2D eigenvalue weighted by molar-refractivity contribution is 0.142. The first-order valence-electron chi connectivity index (χ1n) is 3.71. The normalized spacial score (nSPS) is 11.5. The number of nitrogens with zero attached hydrogens (tertiary/aromatic N) is 1. The third-order valence-corrected chi connectivity index (χ3v) is 2.06. The predicted molar refractivity (Wildman–Crippen MR) is 46.0 cm³/mol. The molecule has 0 aliphatic carbocycles. The van der Waals surface area contributed by atoms with Gasteiger partial charge < -0.3 is 4.98 Å². The monoisotopic (exact) mass is 220 g/mol. The number of alkyl halides is 2. The van der Waals surface area contributed by atoms with E-state index < -0.39 is 18.1 Å². The van der Waals surface area contributed by atoms with Crippen molar-refractivity contribution in [1.82, 2.24) is 9.97 Å². The van der Waals surface area contributed by atoms with Gasteiger partial charge in [-0.05, 0) is 12.1 Å². The van der Waals surface area contributed by atoms with Gasteiger partial charge in [-0.1, -0.05) is 11.6 Å². The molecule has 0 unspecified atom stereocenters. The number of hydrogen-bond donors (Lipinski definition) is 1. The minimum absolute atomic E-state index is 0.134. The molecule has 0 saturated heterocycles. The summed E-state index contributed by atoms with van der Waals surface area (Å²) < 4.78 is 37.6. The summed E-state index contributed by atoms with van der Waals surface area (Å²) in [6.45, 7) is 0. The van der Waals surface area contributed by atoms with Gasteiger partial charge in [0.05, 0.1) is 10.5 Å². The number of nitrogens with one attached hydrogen (secondary N) is 1. The molecule has 1 N–H and O–H groups in total. The maximum absolute atomic E-state index is 13.2. The Morgan fingerprint density at radius 3 is 2.71 bits per heavy atom. The first-order chi connectivity index (χ1) is 6.59. The van der Waals surface area contributed by atoms with E-state index in [0.717, 1.165) is 0 Å². The van der Waals surface area contributed by atoms with E-state index in [1.54, 1.807) is 0 Å². The Hall–Kier alpha value is -1.23. The molecule has 1 aromatic carbocycles. The van der Waals surface area contributed by atoms with Crippen LogP contribution in [0.1, 0.15) is 12.2 Å². The van der Waals surface area contributed by atoms with Crippen LogP contribution >= 0.6 is 11.6 Å². The van der Waals surface area contributed by atoms with Gasteiger partial charge in [-0.3, -0.25) is 0 Å². The number of hydrogen-bond acceptors (Lipinski definition) is 1. The summed E-state index contributed by atoms with van der Waals surface area (Å²) in [7, 11) is 0. The topological polar surface area (TPSA) is 28.7 Å². The van der Waals surface area contributed by atoms with Gasteiger partial charge in [-0.25, -0.2) is 18.2 Å². The summed E-state index contributed by atoms with van der Waals surface area (Å²) in [5, 5.41) is -0.134. The highest BCUT2D eigenvalue weighted by Crippen LogP contribution is 2.25. The van der Waals surface area contributed by atoms with Gasteiger partial charge >= 0.3 is 0 Å². The lowest BCUT2D eigenvalue weighted by atomic mass is 10.3. The molecular weight excluding hydrogens is 217 g/mol. The summed E-state index contributed by atoms with van der Waals surface area (Å²) in [6, 6.07) is 2.69. The number of rotatable bonds is 1.